The molecule has 0 aromatic carbocycles. The molecule has 0 spiro atoms. The maximum Gasteiger partial charge on any atom is 0.265 e. The predicted octanol–water partition coefficient (Wildman–Crippen LogP) is 0.819. The zero-order valence-corrected chi connectivity index (χ0v) is 15.4. The van der Waals surface area contributed by atoms with Gasteiger partial charge in [-0.25, -0.2) is 0 Å². The lowest BCUT2D eigenvalue weighted by molar-refractivity contribution is -0.116. The molecule has 0 unspecified atom stereocenters. The van der Waals surface area contributed by atoms with Gasteiger partial charge in [0, 0.05) is 22.0 Å². The first kappa shape index (κ1) is 20.7. The third kappa shape index (κ3) is 5.33. The van der Waals surface area contributed by atoms with E-state index in [9.17, 15) is 26.4 Å². The highest BCUT2D eigenvalue weighted by Gasteiger charge is 2.39. The smallest absolute Gasteiger partial charge is 0.265 e. The van der Waals surface area contributed by atoms with Gasteiger partial charge in [-0.15, -0.1) is 0 Å². The number of allylic oxidation sites excluding steroid dienone is 4. The van der Waals surface area contributed by atoms with Crippen LogP contribution in [0.1, 0.15) is 27.7 Å². The molecule has 1 aliphatic rings. The Hall–Kier alpha value is -1.36. The fourth-order valence-electron chi connectivity index (χ4n) is 2.69. The van der Waals surface area contributed by atoms with E-state index in [-0.39, 0.29) is 11.1 Å². The number of carbonyl (C=O) groups is 2. The van der Waals surface area contributed by atoms with E-state index in [1.54, 1.807) is 0 Å². The highest BCUT2D eigenvalue weighted by atomic mass is 32.2. The molecule has 0 amide bonds. The summed E-state index contributed by atoms with van der Waals surface area (Å²) in [5.74, 6) is -2.80. The second kappa shape index (κ2) is 6.17. The van der Waals surface area contributed by atoms with Gasteiger partial charge in [-0.2, -0.15) is 16.8 Å². The van der Waals surface area contributed by atoms with E-state index in [1.165, 1.54) is 27.7 Å². The maximum absolute atomic E-state index is 12.3. The van der Waals surface area contributed by atoms with Crippen LogP contribution in [-0.4, -0.2) is 49.0 Å². The van der Waals surface area contributed by atoms with Crippen molar-refractivity contribution in [3.63, 3.8) is 0 Å². The van der Waals surface area contributed by atoms with Crippen molar-refractivity contribution < 1.29 is 35.5 Å². The first-order valence-electron chi connectivity index (χ1n) is 6.88. The summed E-state index contributed by atoms with van der Waals surface area (Å²) >= 11 is 0. The van der Waals surface area contributed by atoms with E-state index < -0.39 is 54.1 Å². The first-order valence-corrected chi connectivity index (χ1v) is 10.1. The summed E-state index contributed by atoms with van der Waals surface area (Å²) in [5.41, 5.74) is -2.82. The van der Waals surface area contributed by atoms with E-state index in [2.05, 4.69) is 0 Å². The fourth-order valence-corrected chi connectivity index (χ4v) is 4.82. The lowest BCUT2D eigenvalue weighted by atomic mass is 9.74. The molecule has 10 heteroatoms. The lowest BCUT2D eigenvalue weighted by Gasteiger charge is -2.31. The van der Waals surface area contributed by atoms with Crippen molar-refractivity contribution in [1.29, 1.82) is 0 Å². The molecule has 0 radical (unpaired) electrons. The van der Waals surface area contributed by atoms with Crippen molar-refractivity contribution in [2.24, 2.45) is 10.8 Å². The maximum atomic E-state index is 12.3. The minimum atomic E-state index is -4.38. The van der Waals surface area contributed by atoms with E-state index in [0.29, 0.717) is 0 Å². The summed E-state index contributed by atoms with van der Waals surface area (Å²) in [6, 6.07) is 0. The molecule has 2 N–H and O–H groups in total. The Balaban J connectivity index is 3.25. The summed E-state index contributed by atoms with van der Waals surface area (Å²) in [5, 5.41) is 0. The number of rotatable bonds is 6. The summed E-state index contributed by atoms with van der Waals surface area (Å²) in [4.78, 5) is 24.6. The molecule has 8 nitrogen and oxygen atoms in total. The summed E-state index contributed by atoms with van der Waals surface area (Å²) in [6.07, 6.45) is 1.91. The number of hydrogen-bond acceptors (Lipinski definition) is 6. The number of ketones is 2. The Labute approximate surface area is 141 Å². The van der Waals surface area contributed by atoms with Crippen molar-refractivity contribution in [3.8, 4) is 0 Å². The standard InChI is InChI=1S/C14H20O8S2/c1-13(2,7-23(17,18)19)9-5-12(16)10(6-11(9)15)14(3,4)8-24(20,21)22/h5-6H,7-8H2,1-4H3,(H,17,18,19)(H,20,21,22). The second-order valence-corrected chi connectivity index (χ2v) is 9.97. The molecule has 0 saturated carbocycles. The molecular formula is C14H20O8S2. The molecule has 0 bridgehead atoms. The Kier molecular flexibility index (Phi) is 5.32. The molecule has 0 aliphatic heterocycles. The molecule has 0 atom stereocenters. The van der Waals surface area contributed by atoms with Gasteiger partial charge in [-0.05, 0) is 12.2 Å². The van der Waals surface area contributed by atoms with Crippen LogP contribution in [0.5, 0.6) is 0 Å². The quantitative estimate of drug-likeness (QED) is 0.509. The van der Waals surface area contributed by atoms with Gasteiger partial charge >= 0.3 is 0 Å². The van der Waals surface area contributed by atoms with Crippen LogP contribution in [-0.2, 0) is 29.8 Å². The molecule has 0 saturated heterocycles. The van der Waals surface area contributed by atoms with Crippen LogP contribution in [0.3, 0.4) is 0 Å². The van der Waals surface area contributed by atoms with Gasteiger partial charge in [0.2, 0.25) is 0 Å². The van der Waals surface area contributed by atoms with Gasteiger partial charge in [0.1, 0.15) is 0 Å². The van der Waals surface area contributed by atoms with Crippen molar-refractivity contribution in [2.45, 2.75) is 27.7 Å². The predicted molar refractivity (Wildman–Crippen MR) is 86.6 cm³/mol. The second-order valence-electron chi connectivity index (χ2n) is 7.06. The van der Waals surface area contributed by atoms with Gasteiger partial charge in [0.15, 0.2) is 11.6 Å². The minimum absolute atomic E-state index is 0.100. The normalized spacial score (nSPS) is 17.6. The topological polar surface area (TPSA) is 143 Å². The summed E-state index contributed by atoms with van der Waals surface area (Å²) < 4.78 is 62.3. The van der Waals surface area contributed by atoms with E-state index >= 15 is 0 Å². The highest BCUT2D eigenvalue weighted by molar-refractivity contribution is 7.86. The molecule has 1 aliphatic carbocycles. The Morgan fingerprint density at radius 1 is 0.750 bits per heavy atom. The largest absolute Gasteiger partial charge is 0.290 e. The third-order valence-electron chi connectivity index (χ3n) is 3.63. The zero-order chi connectivity index (χ0) is 19.1. The average molecular weight is 380 g/mol. The first-order chi connectivity index (χ1) is 10.4. The van der Waals surface area contributed by atoms with Crippen molar-refractivity contribution in [2.75, 3.05) is 11.5 Å². The molecule has 24 heavy (non-hydrogen) atoms. The van der Waals surface area contributed by atoms with Gasteiger partial charge in [0.05, 0.1) is 11.5 Å². The van der Waals surface area contributed by atoms with E-state index in [0.717, 1.165) is 12.2 Å². The van der Waals surface area contributed by atoms with Gasteiger partial charge in [-0.3, -0.25) is 18.7 Å². The summed E-state index contributed by atoms with van der Waals surface area (Å²) in [7, 11) is -8.75. The van der Waals surface area contributed by atoms with Crippen molar-refractivity contribution >= 4 is 31.8 Å². The molecule has 0 aromatic rings. The number of carbonyl (C=O) groups excluding carboxylic acids is 2. The lowest BCUT2D eigenvalue weighted by Crippen LogP contribution is -2.35. The van der Waals surface area contributed by atoms with Crippen molar-refractivity contribution in [1.82, 2.24) is 0 Å². The molecule has 0 fully saturated rings. The third-order valence-corrected chi connectivity index (χ3v) is 5.80. The molecular weight excluding hydrogens is 360 g/mol. The SMILES string of the molecule is CC(C)(CS(=O)(=O)O)C1=CC(=O)C(C(C)(C)CS(=O)(=O)O)=CC1=O. The summed E-state index contributed by atoms with van der Waals surface area (Å²) in [6.45, 7) is 5.56. The molecule has 0 heterocycles. The fraction of sp³-hybridized carbons (Fsp3) is 0.571. The molecule has 1 rings (SSSR count). The van der Waals surface area contributed by atoms with Gasteiger partial charge < -0.3 is 0 Å². The number of hydrogen-bond donors (Lipinski definition) is 2. The van der Waals surface area contributed by atoms with Gasteiger partial charge in [0.25, 0.3) is 20.2 Å². The van der Waals surface area contributed by atoms with Crippen LogP contribution in [0.15, 0.2) is 23.3 Å². The van der Waals surface area contributed by atoms with Crippen LogP contribution >= 0.6 is 0 Å². The molecule has 136 valence electrons. The van der Waals surface area contributed by atoms with Crippen molar-refractivity contribution in [3.05, 3.63) is 23.3 Å². The highest BCUT2D eigenvalue weighted by Crippen LogP contribution is 2.36. The van der Waals surface area contributed by atoms with E-state index in [4.69, 9.17) is 9.11 Å². The zero-order valence-electron chi connectivity index (χ0n) is 13.7. The van der Waals surface area contributed by atoms with E-state index in [1.807, 2.05) is 0 Å². The monoisotopic (exact) mass is 380 g/mol. The van der Waals surface area contributed by atoms with Gasteiger partial charge in [-0.1, -0.05) is 27.7 Å². The Morgan fingerprint density at radius 3 is 1.21 bits per heavy atom. The Bertz CT molecular complexity index is 767. The van der Waals surface area contributed by atoms with Crippen LogP contribution in [0.25, 0.3) is 0 Å². The van der Waals surface area contributed by atoms with Crippen LogP contribution in [0.4, 0.5) is 0 Å². The minimum Gasteiger partial charge on any atom is -0.290 e. The van der Waals surface area contributed by atoms with Crippen LogP contribution in [0.2, 0.25) is 0 Å². The van der Waals surface area contributed by atoms with Crippen LogP contribution < -0.4 is 0 Å². The Morgan fingerprint density at radius 2 is 1.00 bits per heavy atom. The molecule has 0 aromatic heterocycles. The van der Waals surface area contributed by atoms with Crippen LogP contribution in [0, 0.1) is 10.8 Å². The average Bonchev–Trinajstić information content (AvgIpc) is 2.24.